The maximum absolute atomic E-state index is 13.3. The lowest BCUT2D eigenvalue weighted by Crippen LogP contribution is -2.58. The summed E-state index contributed by atoms with van der Waals surface area (Å²) >= 11 is 0. The molecule has 10 heteroatoms. The van der Waals surface area contributed by atoms with Crippen molar-refractivity contribution in [3.63, 3.8) is 0 Å². The minimum Gasteiger partial charge on any atom is -0.382 e. The van der Waals surface area contributed by atoms with Crippen LogP contribution in [-0.4, -0.2) is 61.4 Å². The van der Waals surface area contributed by atoms with Crippen LogP contribution in [-0.2, 0) is 21.4 Å². The van der Waals surface area contributed by atoms with Crippen molar-refractivity contribution in [2.24, 2.45) is 7.05 Å². The molecule has 1 fully saturated rings. The Labute approximate surface area is 185 Å². The van der Waals surface area contributed by atoms with Gasteiger partial charge in [-0.2, -0.15) is 5.10 Å². The number of carbonyl (C=O) groups excluding carboxylic acids is 3. The molecule has 1 saturated heterocycles. The lowest BCUT2D eigenvalue weighted by molar-refractivity contribution is -0.151. The van der Waals surface area contributed by atoms with Gasteiger partial charge in [0, 0.05) is 38.5 Å². The molecule has 1 aliphatic heterocycles. The monoisotopic (exact) mass is 435 g/mol. The van der Waals surface area contributed by atoms with E-state index < -0.39 is 17.9 Å². The van der Waals surface area contributed by atoms with E-state index in [4.69, 9.17) is 5.73 Å². The molecule has 0 saturated carbocycles. The first-order chi connectivity index (χ1) is 15.3. The van der Waals surface area contributed by atoms with Crippen molar-refractivity contribution in [2.75, 3.05) is 24.1 Å². The number of nitrogens with zero attached hydrogens (tertiary/aromatic N) is 5. The van der Waals surface area contributed by atoms with Crippen LogP contribution < -0.4 is 11.1 Å². The summed E-state index contributed by atoms with van der Waals surface area (Å²) in [6.45, 7) is 3.93. The van der Waals surface area contributed by atoms with Crippen molar-refractivity contribution in [3.05, 3.63) is 48.3 Å². The Balaban J connectivity index is 1.62. The number of hydrogen-bond acceptors (Lipinski definition) is 6. The highest BCUT2D eigenvalue weighted by Crippen LogP contribution is 2.29. The summed E-state index contributed by atoms with van der Waals surface area (Å²) in [5.41, 5.74) is 7.70. The number of nitrogens with one attached hydrogen (secondary N) is 1. The third-order valence-corrected chi connectivity index (χ3v) is 5.84. The van der Waals surface area contributed by atoms with Crippen LogP contribution >= 0.6 is 0 Å². The van der Waals surface area contributed by atoms with Crippen LogP contribution in [0.2, 0.25) is 0 Å². The second-order valence-electron chi connectivity index (χ2n) is 7.95. The minimum atomic E-state index is -0.786. The summed E-state index contributed by atoms with van der Waals surface area (Å²) in [5.74, 6) is -1.25. The number of anilines is 2. The van der Waals surface area contributed by atoms with Gasteiger partial charge >= 0.3 is 11.8 Å². The number of piperazine rings is 1. The first kappa shape index (κ1) is 21.3. The zero-order valence-corrected chi connectivity index (χ0v) is 18.1. The molecule has 10 nitrogen and oxygen atoms in total. The van der Waals surface area contributed by atoms with E-state index in [1.54, 1.807) is 22.8 Å². The molecule has 3 amide bonds. The number of nitrogen functional groups attached to an aromatic ring is 1. The fourth-order valence-electron chi connectivity index (χ4n) is 4.21. The summed E-state index contributed by atoms with van der Waals surface area (Å²) in [5, 5.41) is 7.41. The molecular weight excluding hydrogens is 410 g/mol. The van der Waals surface area contributed by atoms with Crippen molar-refractivity contribution >= 4 is 40.1 Å². The number of pyridine rings is 1. The van der Waals surface area contributed by atoms with Gasteiger partial charge in [-0.3, -0.25) is 19.1 Å². The molecule has 3 aromatic rings. The summed E-state index contributed by atoms with van der Waals surface area (Å²) in [7, 11) is 1.72. The lowest BCUT2D eigenvalue weighted by Gasteiger charge is -2.44. The highest BCUT2D eigenvalue weighted by atomic mass is 16.2. The maximum atomic E-state index is 13.3. The molecule has 1 aromatic carbocycles. The van der Waals surface area contributed by atoms with Crippen LogP contribution in [0.5, 0.6) is 0 Å². The molecule has 0 radical (unpaired) electrons. The Hall–Kier alpha value is -3.95. The van der Waals surface area contributed by atoms with E-state index >= 15 is 0 Å². The fraction of sp³-hybridized carbons (Fsp3) is 0.318. The van der Waals surface area contributed by atoms with Crippen LogP contribution in [0.1, 0.15) is 25.5 Å². The highest BCUT2D eigenvalue weighted by molar-refractivity contribution is 6.40. The Morgan fingerprint density at radius 2 is 1.81 bits per heavy atom. The molecule has 0 bridgehead atoms. The standard InChI is InChI=1S/C22H25N7O3/c1-13-11-29(18(12-28(13)14(2)30)15-7-5-4-6-8-15)22(32)21(31)26-17-10-24-20(23)19-16(17)9-25-27(19)3/h4-10,13,18H,11-12H2,1-3H3,(H2,23,24)(H,26,31)/t13-,18-/m1/s1. The summed E-state index contributed by atoms with van der Waals surface area (Å²) < 4.78 is 1.56. The third-order valence-electron chi connectivity index (χ3n) is 5.84. The van der Waals surface area contributed by atoms with Gasteiger partial charge in [0.05, 0.1) is 24.1 Å². The van der Waals surface area contributed by atoms with Crippen molar-refractivity contribution in [1.82, 2.24) is 24.6 Å². The molecule has 4 rings (SSSR count). The zero-order valence-electron chi connectivity index (χ0n) is 18.1. The van der Waals surface area contributed by atoms with Crippen molar-refractivity contribution in [1.29, 1.82) is 0 Å². The van der Waals surface area contributed by atoms with Gasteiger partial charge in [0.2, 0.25) is 5.91 Å². The number of aromatic nitrogens is 3. The lowest BCUT2D eigenvalue weighted by atomic mass is 9.99. The Morgan fingerprint density at radius 3 is 2.50 bits per heavy atom. The first-order valence-corrected chi connectivity index (χ1v) is 10.3. The first-order valence-electron chi connectivity index (χ1n) is 10.3. The molecule has 0 aliphatic carbocycles. The average Bonchev–Trinajstić information content (AvgIpc) is 3.18. The molecular formula is C22H25N7O3. The van der Waals surface area contributed by atoms with Gasteiger partial charge in [-0.15, -0.1) is 0 Å². The molecule has 2 aromatic heterocycles. The quantitative estimate of drug-likeness (QED) is 0.585. The third kappa shape index (κ3) is 3.75. The van der Waals surface area contributed by atoms with Gasteiger partial charge in [0.25, 0.3) is 0 Å². The van der Waals surface area contributed by atoms with E-state index in [0.717, 1.165) is 5.56 Å². The van der Waals surface area contributed by atoms with Crippen LogP contribution in [0.25, 0.3) is 10.9 Å². The Bertz CT molecular complexity index is 1190. The second kappa shape index (κ2) is 8.29. The van der Waals surface area contributed by atoms with E-state index in [1.165, 1.54) is 18.0 Å². The molecule has 2 atom stereocenters. The van der Waals surface area contributed by atoms with Crippen LogP contribution in [0, 0.1) is 0 Å². The Kier molecular flexibility index (Phi) is 5.52. The number of carbonyl (C=O) groups is 3. The predicted octanol–water partition coefficient (Wildman–Crippen LogP) is 1.31. The number of nitrogens with two attached hydrogens (primary N) is 1. The topological polar surface area (TPSA) is 126 Å². The molecule has 0 unspecified atom stereocenters. The molecule has 32 heavy (non-hydrogen) atoms. The molecule has 3 N–H and O–H groups in total. The number of rotatable bonds is 2. The van der Waals surface area contributed by atoms with E-state index in [2.05, 4.69) is 15.4 Å². The number of amides is 3. The van der Waals surface area contributed by atoms with E-state index in [1.807, 2.05) is 37.3 Å². The van der Waals surface area contributed by atoms with Gasteiger partial charge in [-0.1, -0.05) is 30.3 Å². The number of aryl methyl sites for hydroxylation is 1. The van der Waals surface area contributed by atoms with E-state index in [9.17, 15) is 14.4 Å². The van der Waals surface area contributed by atoms with Crippen molar-refractivity contribution in [3.8, 4) is 0 Å². The second-order valence-corrected chi connectivity index (χ2v) is 7.95. The van der Waals surface area contributed by atoms with E-state index in [0.29, 0.717) is 23.1 Å². The normalized spacial score (nSPS) is 18.6. The minimum absolute atomic E-state index is 0.0677. The Morgan fingerprint density at radius 1 is 1.09 bits per heavy atom. The van der Waals surface area contributed by atoms with Crippen LogP contribution in [0.4, 0.5) is 11.5 Å². The van der Waals surface area contributed by atoms with Gasteiger partial charge < -0.3 is 20.9 Å². The zero-order chi connectivity index (χ0) is 23.0. The highest BCUT2D eigenvalue weighted by Gasteiger charge is 2.38. The maximum Gasteiger partial charge on any atom is 0.313 e. The van der Waals surface area contributed by atoms with E-state index in [-0.39, 0.29) is 24.3 Å². The average molecular weight is 435 g/mol. The fourth-order valence-corrected chi connectivity index (χ4v) is 4.21. The van der Waals surface area contributed by atoms with Crippen LogP contribution in [0.15, 0.2) is 42.7 Å². The summed E-state index contributed by atoms with van der Waals surface area (Å²) in [6, 6.07) is 8.75. The molecule has 3 heterocycles. The molecule has 1 aliphatic rings. The SMILES string of the molecule is CC(=O)N1C[C@H](c2ccccc2)N(C(=O)C(=O)Nc2cnc(N)c3c2cnn3C)C[C@H]1C. The van der Waals surface area contributed by atoms with Gasteiger partial charge in [-0.05, 0) is 12.5 Å². The van der Waals surface area contributed by atoms with Gasteiger partial charge in [0.15, 0.2) is 0 Å². The summed E-state index contributed by atoms with van der Waals surface area (Å²) in [6.07, 6.45) is 2.98. The van der Waals surface area contributed by atoms with Crippen molar-refractivity contribution in [2.45, 2.75) is 25.9 Å². The van der Waals surface area contributed by atoms with Crippen molar-refractivity contribution < 1.29 is 14.4 Å². The van der Waals surface area contributed by atoms with Gasteiger partial charge in [0.1, 0.15) is 11.3 Å². The largest absolute Gasteiger partial charge is 0.382 e. The van der Waals surface area contributed by atoms with Crippen LogP contribution in [0.3, 0.4) is 0 Å². The van der Waals surface area contributed by atoms with Gasteiger partial charge in [-0.25, -0.2) is 4.98 Å². The number of hydrogen-bond donors (Lipinski definition) is 2. The number of benzene rings is 1. The smallest absolute Gasteiger partial charge is 0.313 e. The summed E-state index contributed by atoms with van der Waals surface area (Å²) in [4.78, 5) is 45.7. The number of fused-ring (bicyclic) bond motifs is 1. The molecule has 166 valence electrons. The molecule has 0 spiro atoms. The predicted molar refractivity (Wildman–Crippen MR) is 119 cm³/mol.